The quantitative estimate of drug-likeness (QED) is 0.893. The van der Waals surface area contributed by atoms with Crippen LogP contribution in [0.15, 0.2) is 48.7 Å². The molecule has 0 saturated carbocycles. The molecule has 3 nitrogen and oxygen atoms in total. The van der Waals surface area contributed by atoms with Gasteiger partial charge in [-0.05, 0) is 31.0 Å². The molecule has 0 amide bonds. The zero-order valence-corrected chi connectivity index (χ0v) is 11.5. The van der Waals surface area contributed by atoms with Crippen molar-refractivity contribution in [2.45, 2.75) is 19.4 Å². The summed E-state index contributed by atoms with van der Waals surface area (Å²) in [5, 5.41) is 9.43. The fourth-order valence-corrected chi connectivity index (χ4v) is 1.94. The molecule has 1 aromatic heterocycles. The van der Waals surface area contributed by atoms with Crippen LogP contribution in [0.1, 0.15) is 24.3 Å². The van der Waals surface area contributed by atoms with Crippen LogP contribution in [-0.4, -0.2) is 23.7 Å². The highest BCUT2D eigenvalue weighted by Gasteiger charge is 2.05. The molecular formula is C16H20N2O. The maximum absolute atomic E-state index is 9.43. The summed E-state index contributed by atoms with van der Waals surface area (Å²) in [6, 6.07) is 14.3. The highest BCUT2D eigenvalue weighted by molar-refractivity contribution is 5.44. The van der Waals surface area contributed by atoms with Crippen LogP contribution >= 0.6 is 0 Å². The molecule has 2 aromatic rings. The molecule has 1 aromatic carbocycles. The van der Waals surface area contributed by atoms with Crippen LogP contribution in [0.3, 0.4) is 0 Å². The third-order valence-electron chi connectivity index (χ3n) is 3.22. The fraction of sp³-hybridized carbons (Fsp3) is 0.312. The van der Waals surface area contributed by atoms with Gasteiger partial charge in [0, 0.05) is 13.6 Å². The minimum absolute atomic E-state index is 0.510. The van der Waals surface area contributed by atoms with E-state index in [1.165, 1.54) is 5.56 Å². The van der Waals surface area contributed by atoms with Gasteiger partial charge in [0.1, 0.15) is 0 Å². The van der Waals surface area contributed by atoms with E-state index in [2.05, 4.69) is 41.2 Å². The minimum atomic E-state index is -0.510. The van der Waals surface area contributed by atoms with E-state index in [9.17, 15) is 5.11 Å². The van der Waals surface area contributed by atoms with Crippen molar-refractivity contribution in [1.82, 2.24) is 4.98 Å². The van der Waals surface area contributed by atoms with Crippen LogP contribution in [0.4, 0.5) is 5.69 Å². The van der Waals surface area contributed by atoms with Gasteiger partial charge >= 0.3 is 0 Å². The van der Waals surface area contributed by atoms with Crippen molar-refractivity contribution in [2.75, 3.05) is 18.5 Å². The molecule has 0 unspecified atom stereocenters. The topological polar surface area (TPSA) is 36.4 Å². The summed E-state index contributed by atoms with van der Waals surface area (Å²) in [6.45, 7) is 2.67. The molecule has 0 aliphatic carbocycles. The second-order valence-electron chi connectivity index (χ2n) is 4.77. The van der Waals surface area contributed by atoms with Crippen molar-refractivity contribution in [2.24, 2.45) is 0 Å². The Morgan fingerprint density at radius 3 is 2.47 bits per heavy atom. The molecule has 1 heterocycles. The highest BCUT2D eigenvalue weighted by Crippen LogP contribution is 2.15. The Labute approximate surface area is 114 Å². The summed E-state index contributed by atoms with van der Waals surface area (Å²) >= 11 is 0. The third-order valence-corrected chi connectivity index (χ3v) is 3.22. The first-order valence-electron chi connectivity index (χ1n) is 6.56. The van der Waals surface area contributed by atoms with Gasteiger partial charge in [0.2, 0.25) is 0 Å². The van der Waals surface area contributed by atoms with Crippen molar-refractivity contribution in [1.29, 1.82) is 0 Å². The molecule has 0 spiro atoms. The average Bonchev–Trinajstić information content (AvgIpc) is 2.46. The number of nitrogens with zero attached hydrogens (tertiary/aromatic N) is 2. The molecular weight excluding hydrogens is 236 g/mol. The van der Waals surface area contributed by atoms with E-state index in [4.69, 9.17) is 0 Å². The maximum Gasteiger partial charge on any atom is 0.0931 e. The molecule has 0 bridgehead atoms. The molecule has 0 aliphatic heterocycles. The summed E-state index contributed by atoms with van der Waals surface area (Å²) in [7, 11) is 2.06. The zero-order chi connectivity index (χ0) is 13.7. The predicted molar refractivity (Wildman–Crippen MR) is 78.3 cm³/mol. The number of pyridine rings is 1. The maximum atomic E-state index is 9.43. The normalized spacial score (nSPS) is 12.2. The second kappa shape index (κ2) is 6.34. The van der Waals surface area contributed by atoms with Gasteiger partial charge in [0.25, 0.3) is 0 Å². The number of aliphatic hydroxyl groups is 1. The number of aromatic nitrogens is 1. The number of hydrogen-bond acceptors (Lipinski definition) is 3. The molecule has 0 radical (unpaired) electrons. The van der Waals surface area contributed by atoms with Crippen molar-refractivity contribution in [3.05, 3.63) is 59.9 Å². The molecule has 19 heavy (non-hydrogen) atoms. The number of hydrogen-bond donors (Lipinski definition) is 1. The van der Waals surface area contributed by atoms with Gasteiger partial charge in [-0.2, -0.15) is 0 Å². The van der Waals surface area contributed by atoms with E-state index < -0.39 is 6.10 Å². The molecule has 0 saturated heterocycles. The Morgan fingerprint density at radius 1 is 1.16 bits per heavy atom. The Hall–Kier alpha value is -1.87. The zero-order valence-electron chi connectivity index (χ0n) is 11.5. The van der Waals surface area contributed by atoms with Crippen LogP contribution in [0.5, 0.6) is 0 Å². The molecule has 1 atom stereocenters. The van der Waals surface area contributed by atoms with Crippen LogP contribution < -0.4 is 4.90 Å². The first kappa shape index (κ1) is 13.6. The lowest BCUT2D eigenvalue weighted by atomic mass is 10.1. The number of anilines is 1. The van der Waals surface area contributed by atoms with E-state index in [-0.39, 0.29) is 0 Å². The van der Waals surface area contributed by atoms with Gasteiger partial charge in [-0.15, -0.1) is 0 Å². The van der Waals surface area contributed by atoms with Crippen LogP contribution in [0.2, 0.25) is 0 Å². The van der Waals surface area contributed by atoms with E-state index >= 15 is 0 Å². The number of aliphatic hydroxyl groups excluding tert-OH is 1. The minimum Gasteiger partial charge on any atom is -0.387 e. The second-order valence-corrected chi connectivity index (χ2v) is 4.77. The van der Waals surface area contributed by atoms with E-state index in [0.717, 1.165) is 18.7 Å². The summed E-state index contributed by atoms with van der Waals surface area (Å²) in [6.07, 6.45) is 2.31. The number of benzene rings is 1. The van der Waals surface area contributed by atoms with E-state index in [1.54, 1.807) is 6.92 Å². The molecule has 0 aliphatic rings. The molecule has 100 valence electrons. The standard InChI is InChI=1S/C16H20N2O/c1-13(19)16-9-8-15(12-17-16)18(2)11-10-14-6-4-3-5-7-14/h3-9,12-13,19H,10-11H2,1-2H3/t13-/m0/s1. The third kappa shape index (κ3) is 3.80. The smallest absolute Gasteiger partial charge is 0.0931 e. The predicted octanol–water partition coefficient (Wildman–Crippen LogP) is 2.81. The lowest BCUT2D eigenvalue weighted by Gasteiger charge is -2.19. The largest absolute Gasteiger partial charge is 0.387 e. The van der Waals surface area contributed by atoms with Crippen molar-refractivity contribution in [3.8, 4) is 0 Å². The first-order valence-corrected chi connectivity index (χ1v) is 6.56. The molecule has 2 rings (SSSR count). The van der Waals surface area contributed by atoms with Gasteiger partial charge < -0.3 is 10.0 Å². The van der Waals surface area contributed by atoms with Gasteiger partial charge in [0.05, 0.1) is 23.7 Å². The van der Waals surface area contributed by atoms with Crippen molar-refractivity contribution in [3.63, 3.8) is 0 Å². The summed E-state index contributed by atoms with van der Waals surface area (Å²) in [5.41, 5.74) is 3.11. The lowest BCUT2D eigenvalue weighted by molar-refractivity contribution is 0.194. The lowest BCUT2D eigenvalue weighted by Crippen LogP contribution is -2.20. The Kier molecular flexibility index (Phi) is 4.53. The first-order chi connectivity index (χ1) is 9.16. The van der Waals surface area contributed by atoms with Gasteiger partial charge in [-0.3, -0.25) is 4.98 Å². The number of likely N-dealkylation sites (N-methyl/N-ethyl adjacent to an activating group) is 1. The van der Waals surface area contributed by atoms with Crippen LogP contribution in [-0.2, 0) is 6.42 Å². The van der Waals surface area contributed by atoms with E-state index in [0.29, 0.717) is 5.69 Å². The molecule has 0 fully saturated rings. The van der Waals surface area contributed by atoms with Crippen molar-refractivity contribution < 1.29 is 5.11 Å². The Morgan fingerprint density at radius 2 is 1.89 bits per heavy atom. The SMILES string of the molecule is C[C@H](O)c1ccc(N(C)CCc2ccccc2)cn1. The van der Waals surface area contributed by atoms with E-state index in [1.807, 2.05) is 24.4 Å². The molecule has 3 heteroatoms. The van der Waals surface area contributed by atoms with Crippen LogP contribution in [0.25, 0.3) is 0 Å². The highest BCUT2D eigenvalue weighted by atomic mass is 16.3. The summed E-state index contributed by atoms with van der Waals surface area (Å²) in [4.78, 5) is 6.44. The summed E-state index contributed by atoms with van der Waals surface area (Å²) in [5.74, 6) is 0. The number of rotatable bonds is 5. The Bertz CT molecular complexity index is 494. The monoisotopic (exact) mass is 256 g/mol. The van der Waals surface area contributed by atoms with Crippen molar-refractivity contribution >= 4 is 5.69 Å². The Balaban J connectivity index is 1.94. The molecule has 1 N–H and O–H groups in total. The fourth-order valence-electron chi connectivity index (χ4n) is 1.94. The average molecular weight is 256 g/mol. The summed E-state index contributed by atoms with van der Waals surface area (Å²) < 4.78 is 0. The van der Waals surface area contributed by atoms with Gasteiger partial charge in [0.15, 0.2) is 0 Å². The van der Waals surface area contributed by atoms with Gasteiger partial charge in [-0.1, -0.05) is 30.3 Å². The van der Waals surface area contributed by atoms with Gasteiger partial charge in [-0.25, -0.2) is 0 Å². The van der Waals surface area contributed by atoms with Crippen LogP contribution in [0, 0.1) is 0 Å².